The van der Waals surface area contributed by atoms with E-state index in [1.54, 1.807) is 11.7 Å². The van der Waals surface area contributed by atoms with Gasteiger partial charge >= 0.3 is 0 Å². The molecule has 0 atom stereocenters. The van der Waals surface area contributed by atoms with Crippen molar-refractivity contribution in [2.75, 3.05) is 6.61 Å². The van der Waals surface area contributed by atoms with Gasteiger partial charge in [0.15, 0.2) is 0 Å². The van der Waals surface area contributed by atoms with Gasteiger partial charge in [-0.1, -0.05) is 11.6 Å². The van der Waals surface area contributed by atoms with Crippen LogP contribution in [0.25, 0.3) is 0 Å². The number of Topliss-reactive ketones (excluding diaryl/α,β-unsaturated/α-hetero) is 1. The van der Waals surface area contributed by atoms with Gasteiger partial charge in [0.1, 0.15) is 10.9 Å². The maximum atomic E-state index is 11.5. The lowest BCUT2D eigenvalue weighted by Gasteiger charge is -1.99. The van der Waals surface area contributed by atoms with Gasteiger partial charge in [0.05, 0.1) is 5.69 Å². The normalized spacial score (nSPS) is 10.7. The number of hydrogen-bond donors (Lipinski definition) is 1. The standard InChI is InChI=1S/C10H15ClN2O2/c1-7-9(10(11)13(2)12-7)6-8(15)4-3-5-14/h14H,3-6H2,1-2H3. The molecule has 15 heavy (non-hydrogen) atoms. The largest absolute Gasteiger partial charge is 0.396 e. The lowest BCUT2D eigenvalue weighted by Crippen LogP contribution is -2.04. The molecule has 0 aliphatic rings. The van der Waals surface area contributed by atoms with Gasteiger partial charge in [0, 0.05) is 32.1 Å². The maximum Gasteiger partial charge on any atom is 0.137 e. The van der Waals surface area contributed by atoms with E-state index in [1.165, 1.54) is 0 Å². The molecule has 84 valence electrons. The Labute approximate surface area is 93.9 Å². The van der Waals surface area contributed by atoms with Crippen LogP contribution < -0.4 is 0 Å². The van der Waals surface area contributed by atoms with E-state index in [1.807, 2.05) is 6.92 Å². The highest BCUT2D eigenvalue weighted by Crippen LogP contribution is 2.19. The van der Waals surface area contributed by atoms with Crippen LogP contribution in [0.3, 0.4) is 0 Å². The summed E-state index contributed by atoms with van der Waals surface area (Å²) in [7, 11) is 1.75. The second kappa shape index (κ2) is 5.28. The molecule has 1 heterocycles. The summed E-state index contributed by atoms with van der Waals surface area (Å²) in [5.41, 5.74) is 1.59. The number of aryl methyl sites for hydroxylation is 2. The number of aromatic nitrogens is 2. The molecule has 0 aliphatic carbocycles. The van der Waals surface area contributed by atoms with Gasteiger partial charge in [-0.05, 0) is 13.3 Å². The number of ketones is 1. The zero-order valence-electron chi connectivity index (χ0n) is 8.96. The summed E-state index contributed by atoms with van der Waals surface area (Å²) >= 11 is 5.99. The summed E-state index contributed by atoms with van der Waals surface area (Å²) < 4.78 is 1.56. The second-order valence-corrected chi connectivity index (χ2v) is 3.88. The van der Waals surface area contributed by atoms with Gasteiger partial charge in [-0.15, -0.1) is 0 Å². The number of halogens is 1. The van der Waals surface area contributed by atoms with E-state index in [0.717, 1.165) is 11.3 Å². The van der Waals surface area contributed by atoms with Crippen LogP contribution in [0.15, 0.2) is 0 Å². The Balaban J connectivity index is 2.68. The van der Waals surface area contributed by atoms with E-state index in [4.69, 9.17) is 16.7 Å². The molecule has 1 aromatic rings. The van der Waals surface area contributed by atoms with Crippen LogP contribution >= 0.6 is 11.6 Å². The molecule has 5 heteroatoms. The van der Waals surface area contributed by atoms with E-state index in [-0.39, 0.29) is 12.4 Å². The van der Waals surface area contributed by atoms with Gasteiger partial charge < -0.3 is 5.11 Å². The average molecular weight is 231 g/mol. The molecule has 1 N–H and O–H groups in total. The predicted molar refractivity (Wildman–Crippen MR) is 58.0 cm³/mol. The summed E-state index contributed by atoms with van der Waals surface area (Å²) in [5, 5.41) is 13.2. The molecule has 0 saturated heterocycles. The molecule has 0 amide bonds. The van der Waals surface area contributed by atoms with Crippen LogP contribution in [0.5, 0.6) is 0 Å². The predicted octanol–water partition coefficient (Wildman–Crippen LogP) is 1.27. The van der Waals surface area contributed by atoms with Crippen LogP contribution in [0.4, 0.5) is 0 Å². The van der Waals surface area contributed by atoms with Gasteiger partial charge in [-0.3, -0.25) is 9.48 Å². The molecule has 0 unspecified atom stereocenters. The molecule has 1 aromatic heterocycles. The second-order valence-electron chi connectivity index (χ2n) is 3.52. The van der Waals surface area contributed by atoms with Crippen molar-refractivity contribution >= 4 is 17.4 Å². The van der Waals surface area contributed by atoms with Crippen molar-refractivity contribution < 1.29 is 9.90 Å². The number of aliphatic hydroxyl groups is 1. The highest BCUT2D eigenvalue weighted by molar-refractivity contribution is 6.30. The lowest BCUT2D eigenvalue weighted by molar-refractivity contribution is -0.118. The fourth-order valence-corrected chi connectivity index (χ4v) is 1.68. The summed E-state index contributed by atoms with van der Waals surface area (Å²) in [6, 6.07) is 0. The summed E-state index contributed by atoms with van der Waals surface area (Å²) in [6.45, 7) is 1.88. The Morgan fingerprint density at radius 2 is 2.27 bits per heavy atom. The summed E-state index contributed by atoms with van der Waals surface area (Å²) in [4.78, 5) is 11.5. The minimum Gasteiger partial charge on any atom is -0.396 e. The molecule has 0 spiro atoms. The Hall–Kier alpha value is -0.870. The molecule has 0 fully saturated rings. The minimum atomic E-state index is 0.0471. The topological polar surface area (TPSA) is 55.1 Å². The van der Waals surface area contributed by atoms with Crippen molar-refractivity contribution in [2.45, 2.75) is 26.2 Å². The molecular weight excluding hydrogens is 216 g/mol. The SMILES string of the molecule is Cc1nn(C)c(Cl)c1CC(=O)CCCO. The third-order valence-corrected chi connectivity index (χ3v) is 2.73. The zero-order chi connectivity index (χ0) is 11.4. The Kier molecular flexibility index (Phi) is 4.29. The van der Waals surface area contributed by atoms with Gasteiger partial charge in [-0.25, -0.2) is 0 Å². The number of rotatable bonds is 5. The summed E-state index contributed by atoms with van der Waals surface area (Å²) in [6.07, 6.45) is 1.20. The fourth-order valence-electron chi connectivity index (χ4n) is 1.44. The van der Waals surface area contributed by atoms with Crippen molar-refractivity contribution in [1.29, 1.82) is 0 Å². The number of nitrogens with zero attached hydrogens (tertiary/aromatic N) is 2. The van der Waals surface area contributed by atoms with E-state index >= 15 is 0 Å². The van der Waals surface area contributed by atoms with Gasteiger partial charge in [0.2, 0.25) is 0 Å². The van der Waals surface area contributed by atoms with E-state index < -0.39 is 0 Å². The molecule has 0 saturated carbocycles. The number of aliphatic hydroxyl groups excluding tert-OH is 1. The van der Waals surface area contributed by atoms with Crippen molar-refractivity contribution in [3.63, 3.8) is 0 Å². The van der Waals surface area contributed by atoms with Crippen molar-refractivity contribution in [2.24, 2.45) is 7.05 Å². The van der Waals surface area contributed by atoms with Crippen molar-refractivity contribution in [1.82, 2.24) is 9.78 Å². The number of carbonyl (C=O) groups is 1. The maximum absolute atomic E-state index is 11.5. The number of hydrogen-bond acceptors (Lipinski definition) is 3. The number of carbonyl (C=O) groups excluding carboxylic acids is 1. The summed E-state index contributed by atoms with van der Waals surface area (Å²) in [5.74, 6) is 0.0852. The smallest absolute Gasteiger partial charge is 0.137 e. The van der Waals surface area contributed by atoms with Crippen LogP contribution in [-0.4, -0.2) is 27.3 Å². The molecule has 4 nitrogen and oxygen atoms in total. The van der Waals surface area contributed by atoms with Crippen molar-refractivity contribution in [3.05, 3.63) is 16.4 Å². The Morgan fingerprint density at radius 1 is 1.60 bits per heavy atom. The highest BCUT2D eigenvalue weighted by atomic mass is 35.5. The average Bonchev–Trinajstić information content (AvgIpc) is 2.42. The first-order valence-corrected chi connectivity index (χ1v) is 5.24. The molecule has 0 aliphatic heterocycles. The first kappa shape index (κ1) is 12.2. The third kappa shape index (κ3) is 3.04. The lowest BCUT2D eigenvalue weighted by atomic mass is 10.1. The van der Waals surface area contributed by atoms with Crippen LogP contribution in [0, 0.1) is 6.92 Å². The Bertz CT molecular complexity index is 361. The molecule has 0 aromatic carbocycles. The van der Waals surface area contributed by atoms with Gasteiger partial charge in [-0.2, -0.15) is 5.10 Å². The molecule has 1 rings (SSSR count). The highest BCUT2D eigenvalue weighted by Gasteiger charge is 2.14. The fraction of sp³-hybridized carbons (Fsp3) is 0.600. The Morgan fingerprint density at radius 3 is 2.73 bits per heavy atom. The molecule has 0 bridgehead atoms. The van der Waals surface area contributed by atoms with E-state index in [0.29, 0.717) is 24.4 Å². The quantitative estimate of drug-likeness (QED) is 0.829. The minimum absolute atomic E-state index is 0.0471. The monoisotopic (exact) mass is 230 g/mol. The third-order valence-electron chi connectivity index (χ3n) is 2.26. The molecular formula is C10H15ClN2O2. The van der Waals surface area contributed by atoms with Crippen LogP contribution in [0.2, 0.25) is 5.15 Å². The zero-order valence-corrected chi connectivity index (χ0v) is 9.71. The van der Waals surface area contributed by atoms with E-state index in [9.17, 15) is 4.79 Å². The van der Waals surface area contributed by atoms with E-state index in [2.05, 4.69) is 5.10 Å². The van der Waals surface area contributed by atoms with Crippen LogP contribution in [-0.2, 0) is 18.3 Å². The first-order valence-electron chi connectivity index (χ1n) is 4.86. The molecule has 0 radical (unpaired) electrons. The van der Waals surface area contributed by atoms with Crippen LogP contribution in [0.1, 0.15) is 24.1 Å². The van der Waals surface area contributed by atoms with Gasteiger partial charge in [0.25, 0.3) is 0 Å². The first-order chi connectivity index (χ1) is 7.06. The van der Waals surface area contributed by atoms with Crippen molar-refractivity contribution in [3.8, 4) is 0 Å².